The molecule has 0 aliphatic carbocycles. The van der Waals surface area contributed by atoms with E-state index >= 15 is 0 Å². The average molecular weight is 182 g/mol. The fourth-order valence-corrected chi connectivity index (χ4v) is 1.09. The minimum atomic E-state index is -0.992. The lowest BCUT2D eigenvalue weighted by Crippen LogP contribution is -2.01. The molecular formula is C9H10O4. The zero-order valence-corrected chi connectivity index (χ0v) is 7.11. The van der Waals surface area contributed by atoms with Gasteiger partial charge in [-0.1, -0.05) is 0 Å². The van der Waals surface area contributed by atoms with Crippen LogP contribution in [0.1, 0.15) is 11.1 Å². The van der Waals surface area contributed by atoms with Gasteiger partial charge in [0.25, 0.3) is 0 Å². The van der Waals surface area contributed by atoms with E-state index in [1.807, 2.05) is 0 Å². The van der Waals surface area contributed by atoms with Gasteiger partial charge >= 0.3 is 5.97 Å². The van der Waals surface area contributed by atoms with Crippen molar-refractivity contribution in [3.63, 3.8) is 0 Å². The van der Waals surface area contributed by atoms with E-state index in [9.17, 15) is 9.90 Å². The number of rotatable bonds is 2. The maximum atomic E-state index is 10.4. The Balaban J connectivity index is 3.12. The summed E-state index contributed by atoms with van der Waals surface area (Å²) in [6.45, 7) is 1.60. The predicted molar refractivity (Wildman–Crippen MR) is 45.8 cm³/mol. The first-order chi connectivity index (χ1) is 6.00. The van der Waals surface area contributed by atoms with E-state index < -0.39 is 5.97 Å². The van der Waals surface area contributed by atoms with Gasteiger partial charge < -0.3 is 15.3 Å². The molecule has 0 aromatic heterocycles. The number of carboxylic acids is 1. The van der Waals surface area contributed by atoms with Crippen LogP contribution in [0.25, 0.3) is 0 Å². The molecule has 0 saturated carbocycles. The molecule has 0 heterocycles. The van der Waals surface area contributed by atoms with Gasteiger partial charge in [0.1, 0.15) is 11.5 Å². The molecule has 0 saturated heterocycles. The largest absolute Gasteiger partial charge is 0.508 e. The molecular weight excluding hydrogens is 172 g/mol. The van der Waals surface area contributed by atoms with Gasteiger partial charge in [0.2, 0.25) is 0 Å². The number of aliphatic carboxylic acids is 1. The second-order valence-corrected chi connectivity index (χ2v) is 2.82. The molecule has 70 valence electrons. The molecule has 1 rings (SSSR count). The van der Waals surface area contributed by atoms with Gasteiger partial charge in [0, 0.05) is 6.07 Å². The number of phenolic OH excluding ortho intramolecular Hbond substituents is 2. The van der Waals surface area contributed by atoms with Gasteiger partial charge in [0.15, 0.2) is 0 Å². The summed E-state index contributed by atoms with van der Waals surface area (Å²) in [5, 5.41) is 26.8. The van der Waals surface area contributed by atoms with Crippen LogP contribution in [0.15, 0.2) is 12.1 Å². The molecule has 0 unspecified atom stereocenters. The topological polar surface area (TPSA) is 77.8 Å². The van der Waals surface area contributed by atoms with Gasteiger partial charge in [-0.05, 0) is 24.1 Å². The summed E-state index contributed by atoms with van der Waals surface area (Å²) in [6.07, 6.45) is -0.201. The van der Waals surface area contributed by atoms with Gasteiger partial charge in [-0.15, -0.1) is 0 Å². The van der Waals surface area contributed by atoms with Crippen LogP contribution < -0.4 is 0 Å². The normalized spacial score (nSPS) is 9.92. The van der Waals surface area contributed by atoms with Crippen LogP contribution in [-0.4, -0.2) is 21.3 Å². The lowest BCUT2D eigenvalue weighted by atomic mass is 10.0. The number of hydrogen-bond donors (Lipinski definition) is 3. The van der Waals surface area contributed by atoms with Crippen molar-refractivity contribution in [1.82, 2.24) is 0 Å². The number of carboxylic acid groups (broad SMARTS) is 1. The van der Waals surface area contributed by atoms with Crippen LogP contribution in [0, 0.1) is 6.92 Å². The first-order valence-electron chi connectivity index (χ1n) is 3.74. The Hall–Kier alpha value is -1.71. The van der Waals surface area contributed by atoms with Gasteiger partial charge in [-0.2, -0.15) is 0 Å². The molecule has 0 amide bonds. The van der Waals surface area contributed by atoms with Crippen LogP contribution in [0.4, 0.5) is 0 Å². The summed E-state index contributed by atoms with van der Waals surface area (Å²) in [7, 11) is 0. The maximum absolute atomic E-state index is 10.4. The third-order valence-electron chi connectivity index (χ3n) is 1.81. The summed E-state index contributed by atoms with van der Waals surface area (Å²) in [5.74, 6) is -1.20. The van der Waals surface area contributed by atoms with Crippen molar-refractivity contribution < 1.29 is 20.1 Å². The lowest BCUT2D eigenvalue weighted by Gasteiger charge is -2.05. The van der Waals surface area contributed by atoms with E-state index in [2.05, 4.69) is 0 Å². The fourth-order valence-electron chi connectivity index (χ4n) is 1.09. The molecule has 13 heavy (non-hydrogen) atoms. The van der Waals surface area contributed by atoms with E-state index in [0.29, 0.717) is 11.1 Å². The van der Waals surface area contributed by atoms with Crippen molar-refractivity contribution in [2.75, 3.05) is 0 Å². The predicted octanol–water partition coefficient (Wildman–Crippen LogP) is 1.03. The number of phenols is 2. The van der Waals surface area contributed by atoms with Gasteiger partial charge in [-0.3, -0.25) is 4.79 Å². The van der Waals surface area contributed by atoms with Crippen LogP contribution in [0.2, 0.25) is 0 Å². The Bertz CT molecular complexity index is 344. The maximum Gasteiger partial charge on any atom is 0.307 e. The highest BCUT2D eigenvalue weighted by atomic mass is 16.4. The highest BCUT2D eigenvalue weighted by molar-refractivity contribution is 5.71. The Labute approximate surface area is 75.1 Å². The van der Waals surface area contributed by atoms with Crippen molar-refractivity contribution >= 4 is 5.97 Å². The Morgan fingerprint density at radius 1 is 1.38 bits per heavy atom. The van der Waals surface area contributed by atoms with Crippen molar-refractivity contribution in [2.45, 2.75) is 13.3 Å². The van der Waals surface area contributed by atoms with Gasteiger partial charge in [0.05, 0.1) is 6.42 Å². The molecule has 0 fully saturated rings. The molecule has 0 atom stereocenters. The number of carbonyl (C=O) groups is 1. The molecule has 1 aromatic carbocycles. The summed E-state index contributed by atoms with van der Waals surface area (Å²) in [5.41, 5.74) is 0.908. The third-order valence-corrected chi connectivity index (χ3v) is 1.81. The second kappa shape index (κ2) is 3.35. The molecule has 3 N–H and O–H groups in total. The zero-order valence-electron chi connectivity index (χ0n) is 7.11. The van der Waals surface area contributed by atoms with E-state index in [1.165, 1.54) is 12.1 Å². The van der Waals surface area contributed by atoms with E-state index in [-0.39, 0.29) is 17.9 Å². The van der Waals surface area contributed by atoms with Gasteiger partial charge in [-0.25, -0.2) is 0 Å². The lowest BCUT2D eigenvalue weighted by molar-refractivity contribution is -0.136. The number of aromatic hydroxyl groups is 2. The monoisotopic (exact) mass is 182 g/mol. The number of benzene rings is 1. The summed E-state index contributed by atoms with van der Waals surface area (Å²) in [4.78, 5) is 10.4. The highest BCUT2D eigenvalue weighted by Gasteiger charge is 2.08. The first kappa shape index (κ1) is 9.38. The molecule has 1 aromatic rings. The molecule has 0 aliphatic heterocycles. The summed E-state index contributed by atoms with van der Waals surface area (Å²) >= 11 is 0. The minimum Gasteiger partial charge on any atom is -0.508 e. The Kier molecular flexibility index (Phi) is 2.41. The molecule has 0 aliphatic rings. The second-order valence-electron chi connectivity index (χ2n) is 2.82. The van der Waals surface area contributed by atoms with E-state index in [0.717, 1.165) is 0 Å². The molecule has 0 radical (unpaired) electrons. The fraction of sp³-hybridized carbons (Fsp3) is 0.222. The standard InChI is InChI=1S/C9H10O4/c1-5-6(3-9(12)13)2-7(10)4-8(5)11/h2,4,10-11H,3H2,1H3,(H,12,13). The SMILES string of the molecule is Cc1c(O)cc(O)cc1CC(=O)O. The quantitative estimate of drug-likeness (QED) is 0.638. The number of hydrogen-bond acceptors (Lipinski definition) is 3. The zero-order chi connectivity index (χ0) is 10.0. The van der Waals surface area contributed by atoms with Crippen molar-refractivity contribution in [3.05, 3.63) is 23.3 Å². The van der Waals surface area contributed by atoms with Crippen LogP contribution >= 0.6 is 0 Å². The Morgan fingerprint density at radius 3 is 2.54 bits per heavy atom. The van der Waals surface area contributed by atoms with Crippen LogP contribution in [-0.2, 0) is 11.2 Å². The minimum absolute atomic E-state index is 0.0868. The van der Waals surface area contributed by atoms with Crippen molar-refractivity contribution in [2.24, 2.45) is 0 Å². The molecule has 0 bridgehead atoms. The molecule has 0 spiro atoms. The Morgan fingerprint density at radius 2 is 2.00 bits per heavy atom. The van der Waals surface area contributed by atoms with Crippen LogP contribution in [0.3, 0.4) is 0 Å². The molecule has 4 nitrogen and oxygen atoms in total. The van der Waals surface area contributed by atoms with Crippen molar-refractivity contribution in [1.29, 1.82) is 0 Å². The highest BCUT2D eigenvalue weighted by Crippen LogP contribution is 2.26. The van der Waals surface area contributed by atoms with Crippen LogP contribution in [0.5, 0.6) is 11.5 Å². The van der Waals surface area contributed by atoms with Crippen molar-refractivity contribution in [3.8, 4) is 11.5 Å². The summed E-state index contributed by atoms with van der Waals surface area (Å²) in [6, 6.07) is 2.52. The molecule has 4 heteroatoms. The average Bonchev–Trinajstić information content (AvgIpc) is 1.98. The van der Waals surface area contributed by atoms with E-state index in [1.54, 1.807) is 6.92 Å². The third kappa shape index (κ3) is 2.11. The first-order valence-corrected chi connectivity index (χ1v) is 3.74. The van der Waals surface area contributed by atoms with E-state index in [4.69, 9.17) is 10.2 Å². The summed E-state index contributed by atoms with van der Waals surface area (Å²) < 4.78 is 0. The smallest absolute Gasteiger partial charge is 0.307 e.